The Morgan fingerprint density at radius 2 is 1.05 bits per heavy atom. The normalized spacial score (nSPS) is 11.2. The van der Waals surface area contributed by atoms with E-state index in [-0.39, 0.29) is 0 Å². The van der Waals surface area contributed by atoms with E-state index in [0.29, 0.717) is 0 Å². The van der Waals surface area contributed by atoms with Crippen LogP contribution in [0.1, 0.15) is 83.5 Å². The summed E-state index contributed by atoms with van der Waals surface area (Å²) in [5, 5.41) is 0. The van der Waals surface area contributed by atoms with Crippen LogP contribution < -0.4 is 0 Å². The molecule has 0 spiro atoms. The lowest BCUT2D eigenvalue weighted by atomic mass is 10.0. The van der Waals surface area contributed by atoms with Crippen molar-refractivity contribution in [3.63, 3.8) is 0 Å². The average Bonchev–Trinajstić information content (AvgIpc) is 2.51. The Labute approximate surface area is 135 Å². The predicted octanol–water partition coefficient (Wildman–Crippen LogP) is 5.76. The van der Waals surface area contributed by atoms with Crippen LogP contribution in [0.5, 0.6) is 0 Å². The summed E-state index contributed by atoms with van der Waals surface area (Å²) in [6.07, 6.45) is 19.9. The molecule has 0 unspecified atom stereocenters. The Balaban J connectivity index is 3.04. The maximum atomic E-state index is 5.32. The van der Waals surface area contributed by atoms with Gasteiger partial charge >= 0.3 is 9.28 Å². The highest BCUT2D eigenvalue weighted by molar-refractivity contribution is 6.44. The van der Waals surface area contributed by atoms with Crippen molar-refractivity contribution in [2.75, 3.05) is 14.2 Å². The van der Waals surface area contributed by atoms with Gasteiger partial charge < -0.3 is 8.85 Å². The van der Waals surface area contributed by atoms with Gasteiger partial charge in [0.2, 0.25) is 0 Å². The predicted molar refractivity (Wildman–Crippen MR) is 96.2 cm³/mol. The summed E-state index contributed by atoms with van der Waals surface area (Å²) >= 11 is 0. The van der Waals surface area contributed by atoms with E-state index in [9.17, 15) is 0 Å². The highest BCUT2D eigenvalue weighted by Gasteiger charge is 2.07. The molecule has 3 heteroatoms. The van der Waals surface area contributed by atoms with Crippen LogP contribution in [-0.2, 0) is 8.85 Å². The zero-order valence-corrected chi connectivity index (χ0v) is 15.7. The van der Waals surface area contributed by atoms with Gasteiger partial charge in [-0.1, -0.05) is 76.7 Å². The standard InChI is InChI=1S/C18H38O2Si/c1-4-5-6-7-8-9-10-11-12-13-14-15-16-17-18-21(19-2)20-3/h4,21H,1,5-18H2,2-3H3. The third-order valence-corrected chi connectivity index (χ3v) is 6.06. The molecule has 0 aromatic heterocycles. The fraction of sp³-hybridized carbons (Fsp3) is 0.889. The first-order valence-corrected chi connectivity index (χ1v) is 10.8. The van der Waals surface area contributed by atoms with E-state index < -0.39 is 9.28 Å². The topological polar surface area (TPSA) is 18.5 Å². The van der Waals surface area contributed by atoms with Gasteiger partial charge in [-0.15, -0.1) is 6.58 Å². The van der Waals surface area contributed by atoms with E-state index in [1.807, 2.05) is 6.08 Å². The van der Waals surface area contributed by atoms with Crippen molar-refractivity contribution >= 4 is 9.28 Å². The number of hydrogen-bond acceptors (Lipinski definition) is 2. The van der Waals surface area contributed by atoms with Crippen molar-refractivity contribution in [1.82, 2.24) is 0 Å². The molecule has 0 fully saturated rings. The molecule has 0 aromatic carbocycles. The third kappa shape index (κ3) is 16.1. The first-order valence-electron chi connectivity index (χ1n) is 9.01. The quantitative estimate of drug-likeness (QED) is 0.193. The Kier molecular flexibility index (Phi) is 17.8. The van der Waals surface area contributed by atoms with Gasteiger partial charge in [-0.3, -0.25) is 0 Å². The van der Waals surface area contributed by atoms with E-state index >= 15 is 0 Å². The molecule has 0 aliphatic rings. The Morgan fingerprint density at radius 1 is 0.667 bits per heavy atom. The van der Waals surface area contributed by atoms with Gasteiger partial charge in [-0.2, -0.15) is 0 Å². The van der Waals surface area contributed by atoms with Crippen LogP contribution in [0.15, 0.2) is 12.7 Å². The summed E-state index contributed by atoms with van der Waals surface area (Å²) < 4.78 is 10.6. The van der Waals surface area contributed by atoms with Crippen molar-refractivity contribution in [3.8, 4) is 0 Å². The van der Waals surface area contributed by atoms with Crippen LogP contribution in [-0.4, -0.2) is 23.5 Å². The summed E-state index contributed by atoms with van der Waals surface area (Å²) in [5.74, 6) is 0. The largest absolute Gasteiger partial charge is 0.400 e. The molecule has 0 aliphatic heterocycles. The summed E-state index contributed by atoms with van der Waals surface area (Å²) in [6.45, 7) is 3.76. The lowest BCUT2D eigenvalue weighted by molar-refractivity contribution is 0.276. The highest BCUT2D eigenvalue weighted by atomic mass is 28.3. The number of unbranched alkanes of at least 4 members (excludes halogenated alkanes) is 12. The zero-order valence-electron chi connectivity index (χ0n) is 14.6. The summed E-state index contributed by atoms with van der Waals surface area (Å²) in [7, 11) is 2.27. The van der Waals surface area contributed by atoms with Crippen LogP contribution in [0, 0.1) is 0 Å². The molecule has 21 heavy (non-hydrogen) atoms. The molecule has 0 radical (unpaired) electrons. The number of allylic oxidation sites excluding steroid dienone is 1. The summed E-state index contributed by atoms with van der Waals surface area (Å²) in [6, 6.07) is 1.17. The molecule has 0 N–H and O–H groups in total. The monoisotopic (exact) mass is 314 g/mol. The lowest BCUT2D eigenvalue weighted by Gasteiger charge is -2.10. The molecular weight excluding hydrogens is 276 g/mol. The minimum atomic E-state index is -1.29. The average molecular weight is 315 g/mol. The minimum absolute atomic E-state index is 1.17. The Morgan fingerprint density at radius 3 is 1.43 bits per heavy atom. The van der Waals surface area contributed by atoms with Crippen molar-refractivity contribution in [1.29, 1.82) is 0 Å². The van der Waals surface area contributed by atoms with Crippen LogP contribution >= 0.6 is 0 Å². The lowest BCUT2D eigenvalue weighted by Crippen LogP contribution is -2.18. The molecule has 0 amide bonds. The first kappa shape index (κ1) is 20.9. The van der Waals surface area contributed by atoms with Crippen molar-refractivity contribution in [2.24, 2.45) is 0 Å². The second-order valence-electron chi connectivity index (χ2n) is 6.01. The van der Waals surface area contributed by atoms with Gasteiger partial charge in [0, 0.05) is 14.2 Å². The molecule has 2 nitrogen and oxygen atoms in total. The fourth-order valence-corrected chi connectivity index (χ4v) is 3.99. The molecule has 0 aromatic rings. The molecule has 0 aliphatic carbocycles. The van der Waals surface area contributed by atoms with E-state index in [1.54, 1.807) is 14.2 Å². The first-order chi connectivity index (χ1) is 10.3. The SMILES string of the molecule is C=CCCCCCCCCCCCCCC[SiH](OC)OC. The van der Waals surface area contributed by atoms with Gasteiger partial charge in [0.05, 0.1) is 0 Å². The molecule has 0 atom stereocenters. The van der Waals surface area contributed by atoms with Crippen molar-refractivity contribution in [2.45, 2.75) is 89.5 Å². The molecule has 0 heterocycles. The summed E-state index contributed by atoms with van der Waals surface area (Å²) in [4.78, 5) is 0. The summed E-state index contributed by atoms with van der Waals surface area (Å²) in [5.41, 5.74) is 0. The van der Waals surface area contributed by atoms with E-state index in [0.717, 1.165) is 0 Å². The molecule has 126 valence electrons. The fourth-order valence-electron chi connectivity index (χ4n) is 2.70. The zero-order chi connectivity index (χ0) is 15.6. The smallest absolute Gasteiger partial charge is 0.320 e. The molecule has 0 rings (SSSR count). The third-order valence-electron chi connectivity index (χ3n) is 4.12. The van der Waals surface area contributed by atoms with Crippen LogP contribution in [0.4, 0.5) is 0 Å². The maximum absolute atomic E-state index is 5.32. The van der Waals surface area contributed by atoms with E-state index in [2.05, 4.69) is 6.58 Å². The van der Waals surface area contributed by atoms with Gasteiger partial charge in [0.25, 0.3) is 0 Å². The van der Waals surface area contributed by atoms with Gasteiger partial charge in [-0.25, -0.2) is 0 Å². The van der Waals surface area contributed by atoms with Gasteiger partial charge in [-0.05, 0) is 18.9 Å². The van der Waals surface area contributed by atoms with Gasteiger partial charge in [0.1, 0.15) is 0 Å². The van der Waals surface area contributed by atoms with Gasteiger partial charge in [0.15, 0.2) is 0 Å². The Bertz CT molecular complexity index is 205. The molecular formula is C18H38O2Si. The van der Waals surface area contributed by atoms with Crippen molar-refractivity contribution < 1.29 is 8.85 Å². The highest BCUT2D eigenvalue weighted by Crippen LogP contribution is 2.13. The van der Waals surface area contributed by atoms with Crippen LogP contribution in [0.3, 0.4) is 0 Å². The minimum Gasteiger partial charge on any atom is -0.400 e. The molecule has 0 saturated heterocycles. The molecule has 0 saturated carbocycles. The number of hydrogen-bond donors (Lipinski definition) is 0. The number of rotatable bonds is 17. The van der Waals surface area contributed by atoms with Crippen molar-refractivity contribution in [3.05, 3.63) is 12.7 Å². The van der Waals surface area contributed by atoms with Crippen LogP contribution in [0.25, 0.3) is 0 Å². The Hall–Kier alpha value is -0.123. The van der Waals surface area contributed by atoms with Crippen LogP contribution in [0.2, 0.25) is 6.04 Å². The second kappa shape index (κ2) is 17.9. The second-order valence-corrected chi connectivity index (χ2v) is 8.39. The molecule has 0 bridgehead atoms. The maximum Gasteiger partial charge on any atom is 0.320 e. The van der Waals surface area contributed by atoms with E-state index in [1.165, 1.54) is 89.5 Å². The van der Waals surface area contributed by atoms with E-state index in [4.69, 9.17) is 8.85 Å².